The molecule has 140 valence electrons. The first-order chi connectivity index (χ1) is 12.8. The molecule has 1 heterocycles. The Morgan fingerprint density at radius 1 is 1.22 bits per heavy atom. The summed E-state index contributed by atoms with van der Waals surface area (Å²) in [5.41, 5.74) is -0.811. The number of carbonyl (C=O) groups is 3. The average Bonchev–Trinajstić information content (AvgIpc) is 2.63. The minimum absolute atomic E-state index is 0.103. The molecule has 1 aliphatic rings. The minimum Gasteiger partial charge on any atom is -0.464 e. The lowest BCUT2D eigenvalue weighted by Gasteiger charge is -2.32. The van der Waals surface area contributed by atoms with Crippen LogP contribution in [0.4, 0.5) is 15.8 Å². The first-order valence-electron chi connectivity index (χ1n) is 8.22. The molecular formula is C19H17FN2O5. The van der Waals surface area contributed by atoms with E-state index in [9.17, 15) is 18.8 Å². The zero-order chi connectivity index (χ0) is 19.6. The molecule has 0 spiro atoms. The number of esters is 1. The highest BCUT2D eigenvalue weighted by Gasteiger charge is 2.48. The summed E-state index contributed by atoms with van der Waals surface area (Å²) >= 11 is 0. The second-order valence-electron chi connectivity index (χ2n) is 5.98. The van der Waals surface area contributed by atoms with Gasteiger partial charge in [-0.3, -0.25) is 9.59 Å². The van der Waals surface area contributed by atoms with Crippen LogP contribution in [0.25, 0.3) is 0 Å². The van der Waals surface area contributed by atoms with Crippen LogP contribution in [0, 0.1) is 5.82 Å². The SMILES string of the molecule is CCOC(=O)[C@]1(C)Oc2cc(NC(=O)c3ccc(F)cc3)ccc2NC1=O. The van der Waals surface area contributed by atoms with Gasteiger partial charge in [-0.1, -0.05) is 0 Å². The maximum absolute atomic E-state index is 13.0. The number of ether oxygens (including phenoxy) is 2. The number of halogens is 1. The molecule has 1 aliphatic heterocycles. The Morgan fingerprint density at radius 3 is 2.59 bits per heavy atom. The van der Waals surface area contributed by atoms with Crippen LogP contribution in [-0.4, -0.2) is 30.0 Å². The van der Waals surface area contributed by atoms with Crippen LogP contribution in [0.3, 0.4) is 0 Å². The van der Waals surface area contributed by atoms with Gasteiger partial charge in [0, 0.05) is 17.3 Å². The molecule has 2 aromatic carbocycles. The van der Waals surface area contributed by atoms with E-state index < -0.39 is 29.2 Å². The zero-order valence-corrected chi connectivity index (χ0v) is 14.7. The molecule has 1 atom stereocenters. The number of amides is 2. The monoisotopic (exact) mass is 372 g/mol. The van der Waals surface area contributed by atoms with Crippen molar-refractivity contribution < 1.29 is 28.2 Å². The molecule has 27 heavy (non-hydrogen) atoms. The predicted octanol–water partition coefficient (Wildman–Crippen LogP) is 2.73. The molecule has 2 N–H and O–H groups in total. The second-order valence-corrected chi connectivity index (χ2v) is 5.98. The lowest BCUT2D eigenvalue weighted by Crippen LogP contribution is -2.55. The van der Waals surface area contributed by atoms with Crippen molar-refractivity contribution in [1.29, 1.82) is 0 Å². The number of nitrogens with one attached hydrogen (secondary N) is 2. The van der Waals surface area contributed by atoms with Crippen molar-refractivity contribution in [2.75, 3.05) is 17.2 Å². The summed E-state index contributed by atoms with van der Waals surface area (Å²) in [7, 11) is 0. The van der Waals surface area contributed by atoms with E-state index in [1.54, 1.807) is 13.0 Å². The third kappa shape index (κ3) is 3.59. The van der Waals surface area contributed by atoms with Gasteiger partial charge in [-0.05, 0) is 50.2 Å². The van der Waals surface area contributed by atoms with Crippen LogP contribution in [0.2, 0.25) is 0 Å². The van der Waals surface area contributed by atoms with Crippen LogP contribution < -0.4 is 15.4 Å². The Labute approximate surface area is 154 Å². The lowest BCUT2D eigenvalue weighted by molar-refractivity contribution is -0.165. The van der Waals surface area contributed by atoms with Gasteiger partial charge in [0.15, 0.2) is 0 Å². The first kappa shape index (κ1) is 18.4. The van der Waals surface area contributed by atoms with Crippen molar-refractivity contribution in [3.63, 3.8) is 0 Å². The maximum atomic E-state index is 13.0. The zero-order valence-electron chi connectivity index (χ0n) is 14.7. The first-order valence-corrected chi connectivity index (χ1v) is 8.22. The smallest absolute Gasteiger partial charge is 0.360 e. The molecule has 0 saturated heterocycles. The largest absolute Gasteiger partial charge is 0.464 e. The van der Waals surface area contributed by atoms with Crippen molar-refractivity contribution in [2.24, 2.45) is 0 Å². The summed E-state index contributed by atoms with van der Waals surface area (Å²) < 4.78 is 23.5. The summed E-state index contributed by atoms with van der Waals surface area (Å²) in [4.78, 5) is 36.6. The van der Waals surface area contributed by atoms with E-state index in [4.69, 9.17) is 9.47 Å². The Hall–Kier alpha value is -3.42. The molecule has 0 unspecified atom stereocenters. The summed E-state index contributed by atoms with van der Waals surface area (Å²) in [6.07, 6.45) is 0. The van der Waals surface area contributed by atoms with Gasteiger partial charge in [0.05, 0.1) is 12.3 Å². The summed E-state index contributed by atoms with van der Waals surface area (Å²) in [6, 6.07) is 9.68. The highest BCUT2D eigenvalue weighted by atomic mass is 19.1. The molecule has 7 nitrogen and oxygen atoms in total. The number of carbonyl (C=O) groups excluding carboxylic acids is 3. The quantitative estimate of drug-likeness (QED) is 0.636. The third-order valence-corrected chi connectivity index (χ3v) is 4.01. The van der Waals surface area contributed by atoms with Crippen molar-refractivity contribution in [1.82, 2.24) is 0 Å². The molecular weight excluding hydrogens is 355 g/mol. The Bertz CT molecular complexity index is 913. The van der Waals surface area contributed by atoms with Crippen LogP contribution in [0.5, 0.6) is 5.75 Å². The standard InChI is InChI=1S/C19H17FN2O5/c1-3-26-18(25)19(2)17(24)22-14-9-8-13(10-15(14)27-19)21-16(23)11-4-6-12(20)7-5-11/h4-10H,3H2,1-2H3,(H,21,23)(H,22,24)/t19-/m1/s1. The fourth-order valence-electron chi connectivity index (χ4n) is 2.50. The normalized spacial score (nSPS) is 18.0. The Balaban J connectivity index is 1.82. The summed E-state index contributed by atoms with van der Waals surface area (Å²) in [5, 5.41) is 5.24. The fourth-order valence-corrected chi connectivity index (χ4v) is 2.50. The van der Waals surface area contributed by atoms with Crippen molar-refractivity contribution in [2.45, 2.75) is 19.4 Å². The Kier molecular flexibility index (Phi) is 4.81. The number of rotatable bonds is 4. The van der Waals surface area contributed by atoms with Crippen LogP contribution in [0.1, 0.15) is 24.2 Å². The van der Waals surface area contributed by atoms with Gasteiger partial charge < -0.3 is 20.1 Å². The van der Waals surface area contributed by atoms with E-state index in [1.165, 1.54) is 43.3 Å². The molecule has 0 radical (unpaired) electrons. The molecule has 0 aliphatic carbocycles. The summed E-state index contributed by atoms with van der Waals surface area (Å²) in [6.45, 7) is 3.04. The van der Waals surface area contributed by atoms with Gasteiger partial charge >= 0.3 is 5.97 Å². The van der Waals surface area contributed by atoms with Gasteiger partial charge in [-0.15, -0.1) is 0 Å². The van der Waals surface area contributed by atoms with Gasteiger partial charge in [0.25, 0.3) is 17.4 Å². The molecule has 0 bridgehead atoms. The van der Waals surface area contributed by atoms with Gasteiger partial charge in [0.1, 0.15) is 11.6 Å². The molecule has 8 heteroatoms. The van der Waals surface area contributed by atoms with Crippen LogP contribution in [-0.2, 0) is 14.3 Å². The number of benzene rings is 2. The second kappa shape index (κ2) is 7.06. The van der Waals surface area contributed by atoms with Gasteiger partial charge in [-0.25, -0.2) is 9.18 Å². The van der Waals surface area contributed by atoms with Crippen molar-refractivity contribution in [3.05, 3.63) is 53.8 Å². The molecule has 3 rings (SSSR count). The molecule has 0 aromatic heterocycles. The molecule has 2 amide bonds. The highest BCUT2D eigenvalue weighted by molar-refractivity contribution is 6.14. The number of hydrogen-bond donors (Lipinski definition) is 2. The number of fused-ring (bicyclic) bond motifs is 1. The number of anilines is 2. The highest BCUT2D eigenvalue weighted by Crippen LogP contribution is 2.36. The van der Waals surface area contributed by atoms with E-state index in [-0.39, 0.29) is 17.9 Å². The van der Waals surface area contributed by atoms with E-state index in [0.29, 0.717) is 11.4 Å². The van der Waals surface area contributed by atoms with Crippen molar-refractivity contribution >= 4 is 29.2 Å². The van der Waals surface area contributed by atoms with Crippen molar-refractivity contribution in [3.8, 4) is 5.75 Å². The lowest BCUT2D eigenvalue weighted by atomic mass is 10.0. The number of hydrogen-bond acceptors (Lipinski definition) is 5. The van der Waals surface area contributed by atoms with E-state index in [1.807, 2.05) is 0 Å². The van der Waals surface area contributed by atoms with E-state index in [0.717, 1.165) is 0 Å². The Morgan fingerprint density at radius 2 is 1.93 bits per heavy atom. The van der Waals surface area contributed by atoms with Gasteiger partial charge in [-0.2, -0.15) is 0 Å². The van der Waals surface area contributed by atoms with Gasteiger partial charge in [0.2, 0.25) is 0 Å². The fraction of sp³-hybridized carbons (Fsp3) is 0.211. The van der Waals surface area contributed by atoms with E-state index in [2.05, 4.69) is 10.6 Å². The maximum Gasteiger partial charge on any atom is 0.360 e. The van der Waals surface area contributed by atoms with Crippen LogP contribution in [0.15, 0.2) is 42.5 Å². The average molecular weight is 372 g/mol. The van der Waals surface area contributed by atoms with E-state index >= 15 is 0 Å². The molecule has 2 aromatic rings. The predicted molar refractivity (Wildman–Crippen MR) is 95.1 cm³/mol. The summed E-state index contributed by atoms with van der Waals surface area (Å²) in [5.74, 6) is -2.13. The van der Waals surface area contributed by atoms with Crippen LogP contribution >= 0.6 is 0 Å². The minimum atomic E-state index is -1.83. The molecule has 0 saturated carbocycles. The topological polar surface area (TPSA) is 93.7 Å². The third-order valence-electron chi connectivity index (χ3n) is 4.01. The molecule has 0 fully saturated rings.